The highest BCUT2D eigenvalue weighted by Gasteiger charge is 2.54. The Morgan fingerprint density at radius 2 is 1.80 bits per heavy atom. The minimum Gasteiger partial charge on any atom is -0.394 e. The van der Waals surface area contributed by atoms with Gasteiger partial charge in [-0.1, -0.05) is 0 Å². The molecule has 184 valence electrons. The SMILES string of the molecule is Cn1cc2c3cc(C(=O)N4CC(F)(F)CC4(C)CO)ccc3n(-c3ccc(C(F)(F)F)cc3)c2n1. The topological polar surface area (TPSA) is 63.3 Å². The van der Waals surface area contributed by atoms with Gasteiger partial charge in [-0.2, -0.15) is 18.3 Å². The van der Waals surface area contributed by atoms with Gasteiger partial charge >= 0.3 is 6.18 Å². The van der Waals surface area contributed by atoms with Gasteiger partial charge in [-0.05, 0) is 49.4 Å². The van der Waals surface area contributed by atoms with Crippen molar-refractivity contribution in [1.29, 1.82) is 0 Å². The molecule has 35 heavy (non-hydrogen) atoms. The molecule has 1 atom stereocenters. The van der Waals surface area contributed by atoms with Crippen LogP contribution in [-0.2, 0) is 13.2 Å². The molecule has 0 bridgehead atoms. The summed E-state index contributed by atoms with van der Waals surface area (Å²) in [6.45, 7) is 0.0221. The standard InChI is InChI=1S/C24H21F5N4O2/c1-22(13-34)11-23(25,26)12-32(22)21(35)14-3-8-19-17(9-14)18-10-31(2)30-20(18)33(19)16-6-4-15(5-7-16)24(27,28)29/h3-10,34H,11-13H2,1-2H3. The second-order valence-electron chi connectivity index (χ2n) is 9.23. The van der Waals surface area contributed by atoms with Gasteiger partial charge in [-0.15, -0.1) is 0 Å². The molecule has 0 saturated carbocycles. The number of hydrogen-bond acceptors (Lipinski definition) is 3. The summed E-state index contributed by atoms with van der Waals surface area (Å²) in [5.41, 5.74) is -0.508. The second-order valence-corrected chi connectivity index (χ2v) is 9.23. The molecule has 1 amide bonds. The molecule has 2 aromatic heterocycles. The molecule has 11 heteroatoms. The molecule has 1 saturated heterocycles. The second kappa shape index (κ2) is 7.51. The normalized spacial score (nSPS) is 20.3. The average Bonchev–Trinajstić information content (AvgIpc) is 3.39. The summed E-state index contributed by atoms with van der Waals surface area (Å²) in [4.78, 5) is 14.3. The van der Waals surface area contributed by atoms with Crippen LogP contribution in [0.4, 0.5) is 22.0 Å². The summed E-state index contributed by atoms with van der Waals surface area (Å²) >= 11 is 0. The van der Waals surface area contributed by atoms with E-state index in [-0.39, 0.29) is 5.56 Å². The molecule has 0 radical (unpaired) electrons. The van der Waals surface area contributed by atoms with Gasteiger partial charge in [0.15, 0.2) is 5.65 Å². The molecule has 1 fully saturated rings. The van der Waals surface area contributed by atoms with Crippen LogP contribution >= 0.6 is 0 Å². The number of amides is 1. The molecule has 6 nitrogen and oxygen atoms in total. The van der Waals surface area contributed by atoms with Crippen LogP contribution in [-0.4, -0.2) is 54.9 Å². The fourth-order valence-electron chi connectivity index (χ4n) is 4.83. The third-order valence-electron chi connectivity index (χ3n) is 6.51. The number of likely N-dealkylation sites (tertiary alicyclic amines) is 1. The Hall–Kier alpha value is -3.47. The minimum atomic E-state index is -4.47. The Balaban J connectivity index is 1.63. The highest BCUT2D eigenvalue weighted by atomic mass is 19.4. The van der Waals surface area contributed by atoms with Crippen molar-refractivity contribution < 1.29 is 31.9 Å². The highest BCUT2D eigenvalue weighted by Crippen LogP contribution is 2.41. The Labute approximate surface area is 196 Å². The molecular weight excluding hydrogens is 471 g/mol. The first-order valence-corrected chi connectivity index (χ1v) is 10.8. The molecule has 1 aliphatic heterocycles. The summed E-state index contributed by atoms with van der Waals surface area (Å²) in [6, 6.07) is 9.32. The lowest BCUT2D eigenvalue weighted by Crippen LogP contribution is -2.47. The van der Waals surface area contributed by atoms with Crippen molar-refractivity contribution in [3.8, 4) is 5.69 Å². The predicted molar refractivity (Wildman–Crippen MR) is 119 cm³/mol. The number of aryl methyl sites for hydroxylation is 1. The van der Waals surface area contributed by atoms with Crippen molar-refractivity contribution in [3.05, 3.63) is 59.8 Å². The maximum absolute atomic E-state index is 14.1. The van der Waals surface area contributed by atoms with Crippen molar-refractivity contribution in [2.24, 2.45) is 7.05 Å². The summed E-state index contributed by atoms with van der Waals surface area (Å²) in [5, 5.41) is 15.4. The molecule has 1 aliphatic rings. The maximum Gasteiger partial charge on any atom is 0.416 e. The highest BCUT2D eigenvalue weighted by molar-refractivity contribution is 6.10. The van der Waals surface area contributed by atoms with Gasteiger partial charge < -0.3 is 10.0 Å². The number of fused-ring (bicyclic) bond motifs is 3. The molecule has 0 aliphatic carbocycles. The number of aliphatic hydroxyl groups is 1. The lowest BCUT2D eigenvalue weighted by molar-refractivity contribution is -0.137. The zero-order valence-corrected chi connectivity index (χ0v) is 18.8. The number of aliphatic hydroxyl groups excluding tert-OH is 1. The first kappa shape index (κ1) is 23.3. The van der Waals surface area contributed by atoms with Crippen LogP contribution in [0.5, 0.6) is 0 Å². The van der Waals surface area contributed by atoms with Crippen LogP contribution in [0.15, 0.2) is 48.7 Å². The van der Waals surface area contributed by atoms with Gasteiger partial charge in [-0.25, -0.2) is 8.78 Å². The van der Waals surface area contributed by atoms with Crippen LogP contribution in [0.25, 0.3) is 27.6 Å². The summed E-state index contributed by atoms with van der Waals surface area (Å²) in [7, 11) is 1.69. The number of carbonyl (C=O) groups excluding carboxylic acids is 1. The maximum atomic E-state index is 14.1. The molecule has 1 unspecified atom stereocenters. The fraction of sp³-hybridized carbons (Fsp3) is 0.333. The molecule has 0 spiro atoms. The number of rotatable bonds is 3. The van der Waals surface area contributed by atoms with E-state index in [4.69, 9.17) is 0 Å². The van der Waals surface area contributed by atoms with E-state index in [9.17, 15) is 31.9 Å². The van der Waals surface area contributed by atoms with E-state index in [2.05, 4.69) is 5.10 Å². The number of aromatic nitrogens is 3. The Morgan fingerprint density at radius 3 is 2.43 bits per heavy atom. The molecule has 5 rings (SSSR count). The Bertz CT molecular complexity index is 1450. The number of carbonyl (C=O) groups is 1. The first-order valence-electron chi connectivity index (χ1n) is 10.8. The zero-order chi connectivity index (χ0) is 25.3. The van der Waals surface area contributed by atoms with Gasteiger partial charge in [0.1, 0.15) is 0 Å². The van der Waals surface area contributed by atoms with Crippen molar-refractivity contribution in [3.63, 3.8) is 0 Å². The summed E-state index contributed by atoms with van der Waals surface area (Å²) < 4.78 is 70.5. The minimum absolute atomic E-state index is 0.158. The van der Waals surface area contributed by atoms with E-state index in [0.717, 1.165) is 17.0 Å². The van der Waals surface area contributed by atoms with Crippen LogP contribution < -0.4 is 0 Å². The van der Waals surface area contributed by atoms with Gasteiger partial charge in [0.2, 0.25) is 0 Å². The zero-order valence-electron chi connectivity index (χ0n) is 18.8. The van der Waals surface area contributed by atoms with E-state index in [1.165, 1.54) is 25.1 Å². The fourth-order valence-corrected chi connectivity index (χ4v) is 4.83. The third kappa shape index (κ3) is 3.74. The largest absolute Gasteiger partial charge is 0.416 e. The van der Waals surface area contributed by atoms with Crippen LogP contribution in [0.1, 0.15) is 29.3 Å². The predicted octanol–water partition coefficient (Wildman–Crippen LogP) is 4.77. The molecule has 4 aromatic rings. The third-order valence-corrected chi connectivity index (χ3v) is 6.51. The lowest BCUT2D eigenvalue weighted by Gasteiger charge is -2.32. The van der Waals surface area contributed by atoms with Crippen molar-refractivity contribution >= 4 is 27.8 Å². The monoisotopic (exact) mass is 492 g/mol. The number of benzene rings is 2. The van der Waals surface area contributed by atoms with E-state index in [0.29, 0.717) is 27.6 Å². The van der Waals surface area contributed by atoms with Gasteiger partial charge in [0.25, 0.3) is 11.8 Å². The summed E-state index contributed by atoms with van der Waals surface area (Å²) in [6.07, 6.45) is -3.39. The van der Waals surface area contributed by atoms with Crippen molar-refractivity contribution in [2.75, 3.05) is 13.2 Å². The van der Waals surface area contributed by atoms with E-state index in [1.807, 2.05) is 0 Å². The average molecular weight is 492 g/mol. The van der Waals surface area contributed by atoms with E-state index >= 15 is 0 Å². The quantitative estimate of drug-likeness (QED) is 0.419. The number of nitrogens with zero attached hydrogens (tertiary/aromatic N) is 4. The van der Waals surface area contributed by atoms with Crippen LogP contribution in [0, 0.1) is 0 Å². The lowest BCUT2D eigenvalue weighted by atomic mass is 9.98. The van der Waals surface area contributed by atoms with Crippen LogP contribution in [0.2, 0.25) is 0 Å². The summed E-state index contributed by atoms with van der Waals surface area (Å²) in [5.74, 6) is -3.75. The van der Waals surface area contributed by atoms with E-state index < -0.39 is 48.7 Å². The smallest absolute Gasteiger partial charge is 0.394 e. The molecule has 2 aromatic carbocycles. The van der Waals surface area contributed by atoms with Gasteiger partial charge in [0.05, 0.1) is 29.8 Å². The molecular formula is C24H21F5N4O2. The van der Waals surface area contributed by atoms with Crippen molar-refractivity contribution in [1.82, 2.24) is 19.2 Å². The molecule has 3 heterocycles. The number of alkyl halides is 5. The Kier molecular flexibility index (Phi) is 5.00. The van der Waals surface area contributed by atoms with Gasteiger partial charge in [-0.3, -0.25) is 14.0 Å². The van der Waals surface area contributed by atoms with E-state index in [1.54, 1.807) is 34.6 Å². The van der Waals surface area contributed by atoms with Crippen LogP contribution in [0.3, 0.4) is 0 Å². The molecule has 1 N–H and O–H groups in total. The first-order chi connectivity index (χ1) is 16.3. The Morgan fingerprint density at radius 1 is 1.11 bits per heavy atom. The van der Waals surface area contributed by atoms with Gasteiger partial charge in [0, 0.05) is 41.7 Å². The number of hydrogen-bond donors (Lipinski definition) is 1. The van der Waals surface area contributed by atoms with Crippen molar-refractivity contribution in [2.45, 2.75) is 31.0 Å². The number of halogens is 5.